The molecule has 31 heteroatoms. The molecule has 0 radical (unpaired) electrons. The van der Waals surface area contributed by atoms with Crippen LogP contribution in [0.5, 0.6) is 0 Å². The Balaban J connectivity index is 1.48. The fraction of sp³-hybridized carbons (Fsp3) is 0.692. The molecule has 1 saturated heterocycles. The van der Waals surface area contributed by atoms with Gasteiger partial charge in [-0.15, -0.1) is 0 Å². The van der Waals surface area contributed by atoms with Gasteiger partial charge in [-0.2, -0.15) is 4.31 Å². The first-order valence-corrected chi connectivity index (χ1v) is 21.9. The summed E-state index contributed by atoms with van der Waals surface area (Å²) < 4.78 is 62.0. The van der Waals surface area contributed by atoms with Crippen molar-refractivity contribution in [1.29, 1.82) is 0 Å². The minimum absolute atomic E-state index is 0.0172. The van der Waals surface area contributed by atoms with Crippen LogP contribution in [0.4, 0.5) is 5.82 Å². The van der Waals surface area contributed by atoms with E-state index in [1.807, 2.05) is 0 Å². The molecule has 10 unspecified atom stereocenters. The Kier molecular flexibility index (Phi) is 17.2. The van der Waals surface area contributed by atoms with Gasteiger partial charge in [0.1, 0.15) is 42.5 Å². The second kappa shape index (κ2) is 20.1. The summed E-state index contributed by atoms with van der Waals surface area (Å²) in [4.78, 5) is 86.2. The van der Waals surface area contributed by atoms with Gasteiger partial charge in [0, 0.05) is 30.7 Å². The number of nitrogens with zero attached hydrogens (tertiary/aromatic N) is 4. The molecule has 13 N–H and O–H groups in total. The predicted molar refractivity (Wildman–Crippen MR) is 191 cm³/mol. The monoisotopic (exact) mass is 899 g/mol. The molecular weight excluding hydrogens is 855 g/mol. The number of nitrogen functional groups attached to an aromatic ring is 1. The zero-order chi connectivity index (χ0) is 43.1. The number of thioether (sulfide) groups is 1. The number of ether oxygens (including phenoxy) is 1. The van der Waals surface area contributed by atoms with Crippen molar-refractivity contribution in [2.45, 2.75) is 70.2 Å². The lowest BCUT2D eigenvalue weighted by Crippen LogP contribution is -2.46. The number of fused-ring (bicyclic) bond motifs is 1. The number of nitrogens with two attached hydrogens (primary N) is 1. The largest absolute Gasteiger partial charge is 0.481 e. The number of carboxylic acids is 1. The van der Waals surface area contributed by atoms with Gasteiger partial charge < -0.3 is 60.9 Å². The Morgan fingerprint density at radius 1 is 1.05 bits per heavy atom. The number of aliphatic hydroxyl groups excluding tert-OH is 4. The van der Waals surface area contributed by atoms with Gasteiger partial charge in [0.2, 0.25) is 5.91 Å². The number of aliphatic carboxylic acids is 1. The Hall–Kier alpha value is -2.56. The zero-order valence-corrected chi connectivity index (χ0v) is 33.6. The van der Waals surface area contributed by atoms with Gasteiger partial charge in [-0.1, -0.05) is 32.5 Å². The number of phosphoric acid groups is 3. The van der Waals surface area contributed by atoms with Crippen molar-refractivity contribution in [2.24, 2.45) is 11.3 Å². The summed E-state index contributed by atoms with van der Waals surface area (Å²) in [7, 11) is -16.5. The second-order valence-corrected chi connectivity index (χ2v) is 18.3. The molecule has 1 amide bonds. The lowest BCUT2D eigenvalue weighted by atomic mass is 9.87. The topological polar surface area (TPSA) is 424 Å². The van der Waals surface area contributed by atoms with E-state index in [1.54, 1.807) is 0 Å². The number of carbonyl (C=O) groups is 3. The molecule has 1 aliphatic heterocycles. The van der Waals surface area contributed by atoms with E-state index in [1.165, 1.54) is 20.8 Å². The number of carbonyl (C=O) groups excluding carboxylic acids is 2. The third-order valence-electron chi connectivity index (χ3n) is 7.97. The Morgan fingerprint density at radius 3 is 2.33 bits per heavy atom. The van der Waals surface area contributed by atoms with Crippen molar-refractivity contribution in [3.63, 3.8) is 0 Å². The van der Waals surface area contributed by atoms with Crippen LogP contribution in [-0.4, -0.2) is 150 Å². The third-order valence-corrected chi connectivity index (χ3v) is 12.1. The average molecular weight is 900 g/mol. The number of phosphoric ester groups is 3. The fourth-order valence-corrected chi connectivity index (χ4v) is 8.48. The Labute approximate surface area is 326 Å². The number of hydrogen-bond donors (Lipinski definition) is 12. The first kappa shape index (κ1) is 48.8. The lowest BCUT2D eigenvalue weighted by molar-refractivity contribution is -0.151. The molecule has 57 heavy (non-hydrogen) atoms. The van der Waals surface area contributed by atoms with Gasteiger partial charge >= 0.3 is 29.4 Å². The molecule has 0 spiro atoms. The highest BCUT2D eigenvalue weighted by Crippen LogP contribution is 2.61. The predicted octanol–water partition coefficient (Wildman–Crippen LogP) is -2.46. The molecule has 324 valence electrons. The number of anilines is 1. The van der Waals surface area contributed by atoms with Crippen LogP contribution < -0.4 is 16.4 Å². The number of aliphatic hydroxyl groups is 4. The molecule has 2 aromatic heterocycles. The minimum atomic E-state index is -5.59. The Bertz CT molecular complexity index is 1870. The summed E-state index contributed by atoms with van der Waals surface area (Å²) in [5, 5.41) is 54.1. The maximum absolute atomic E-state index is 12.7. The van der Waals surface area contributed by atoms with E-state index in [2.05, 4.69) is 34.4 Å². The zero-order valence-electron chi connectivity index (χ0n) is 30.1. The molecule has 3 heterocycles. The number of carboxylic acid groups (broad SMARTS) is 1. The normalized spacial score (nSPS) is 23.3. The molecule has 0 aromatic carbocycles. The summed E-state index contributed by atoms with van der Waals surface area (Å²) >= 11 is 0.742. The molecule has 27 nitrogen and oxygen atoms in total. The van der Waals surface area contributed by atoms with Crippen molar-refractivity contribution in [2.75, 3.05) is 37.8 Å². The van der Waals surface area contributed by atoms with Crippen molar-refractivity contribution in [1.82, 2.24) is 30.2 Å². The van der Waals surface area contributed by atoms with Crippen LogP contribution in [-0.2, 0) is 50.7 Å². The molecule has 1 aliphatic rings. The molecule has 0 saturated carbocycles. The van der Waals surface area contributed by atoms with Gasteiger partial charge in [-0.3, -0.25) is 33.0 Å². The standard InChI is InChI=1S/C26H44N7O20P3S/c1-12(16(35)24(39)40)25(41)57-7-6-28-14(34)4-5-29-22(38)19(37)26(2,3)9-50-56(47,48)53-55(45,46)49-8-13-18(52-54(42,43)44)17(36)23(51-13)33-11-32-15-20(27)30-10-31-21(15)33/h10-14,16-19,23,28,34-37H,4-9H2,1-3H3,(H,29,38)(H,39,40)(H,45,46)(H,47,48)(H2,27,30,31)(H2,42,43,44). The highest BCUT2D eigenvalue weighted by molar-refractivity contribution is 8.13. The van der Waals surface area contributed by atoms with Crippen LogP contribution in [0.2, 0.25) is 0 Å². The highest BCUT2D eigenvalue weighted by Gasteiger charge is 2.50. The van der Waals surface area contributed by atoms with Crippen LogP contribution in [0.15, 0.2) is 12.7 Å². The highest BCUT2D eigenvalue weighted by atomic mass is 32.2. The Morgan fingerprint density at radius 2 is 1.70 bits per heavy atom. The van der Waals surface area contributed by atoms with Crippen molar-refractivity contribution >= 4 is 69.2 Å². The summed E-state index contributed by atoms with van der Waals surface area (Å²) in [6, 6.07) is 0. The molecule has 2 aromatic rings. The smallest absolute Gasteiger partial charge is 0.479 e. The minimum Gasteiger partial charge on any atom is -0.479 e. The third kappa shape index (κ3) is 14.3. The van der Waals surface area contributed by atoms with Gasteiger partial charge in [0.15, 0.2) is 28.9 Å². The van der Waals surface area contributed by atoms with Crippen molar-refractivity contribution in [3.8, 4) is 0 Å². The van der Waals surface area contributed by atoms with Crippen LogP contribution in [0.3, 0.4) is 0 Å². The van der Waals surface area contributed by atoms with Crippen LogP contribution in [0, 0.1) is 11.3 Å². The first-order valence-electron chi connectivity index (χ1n) is 16.4. The molecule has 3 rings (SSSR count). The van der Waals surface area contributed by atoms with E-state index in [0.29, 0.717) is 0 Å². The molecule has 1 fully saturated rings. The molecule has 0 bridgehead atoms. The number of amides is 1. The quantitative estimate of drug-likeness (QED) is 0.0312. The van der Waals surface area contributed by atoms with Gasteiger partial charge in [0.25, 0.3) is 0 Å². The average Bonchev–Trinajstić information content (AvgIpc) is 3.67. The number of rotatable bonds is 23. The maximum Gasteiger partial charge on any atom is 0.481 e. The van der Waals surface area contributed by atoms with Gasteiger partial charge in [0.05, 0.1) is 25.5 Å². The number of imidazole rings is 1. The van der Waals surface area contributed by atoms with E-state index in [-0.39, 0.29) is 42.2 Å². The van der Waals surface area contributed by atoms with Crippen molar-refractivity contribution in [3.05, 3.63) is 12.7 Å². The van der Waals surface area contributed by atoms with E-state index in [9.17, 15) is 68.1 Å². The SMILES string of the molecule is CC(C(=O)SCCNC(O)CCNC(=O)C(O)C(C)(C)COP(=O)(O)OP(=O)(O)OCC1OC(n2cnc3c(N)ncnc32)C(O)C1OP(=O)(O)O)C(O)C(=O)O. The summed E-state index contributed by atoms with van der Waals surface area (Å²) in [5.41, 5.74) is 4.20. The number of hydrogen-bond acceptors (Lipinski definition) is 21. The summed E-state index contributed by atoms with van der Waals surface area (Å²) in [5.74, 6) is -3.64. The van der Waals surface area contributed by atoms with Gasteiger partial charge in [-0.25, -0.2) is 33.4 Å². The van der Waals surface area contributed by atoms with Crippen molar-refractivity contribution < 1.29 is 95.8 Å². The number of aromatic nitrogens is 4. The summed E-state index contributed by atoms with van der Waals surface area (Å²) in [6.45, 7) is 1.54. The van der Waals surface area contributed by atoms with Crippen LogP contribution in [0.25, 0.3) is 11.2 Å². The molecule has 10 atom stereocenters. The van der Waals surface area contributed by atoms with E-state index < -0.39 is 108 Å². The fourth-order valence-electron chi connectivity index (χ4n) is 4.84. The lowest BCUT2D eigenvalue weighted by Gasteiger charge is -2.30. The molecule has 0 aliphatic carbocycles. The van der Waals surface area contributed by atoms with Crippen LogP contribution >= 0.6 is 35.2 Å². The maximum atomic E-state index is 12.7. The molecular formula is C26H44N7O20P3S. The second-order valence-electron chi connectivity index (χ2n) is 13.0. The van der Waals surface area contributed by atoms with E-state index in [0.717, 1.165) is 29.0 Å². The number of nitrogens with one attached hydrogen (secondary N) is 2. The van der Waals surface area contributed by atoms with Crippen LogP contribution in [0.1, 0.15) is 33.4 Å². The van der Waals surface area contributed by atoms with Gasteiger partial charge in [-0.05, 0) is 0 Å². The first-order chi connectivity index (χ1) is 26.2. The van der Waals surface area contributed by atoms with E-state index in [4.69, 9.17) is 24.6 Å². The summed E-state index contributed by atoms with van der Waals surface area (Å²) in [6.07, 6.45) is -10.00. The van der Waals surface area contributed by atoms with E-state index >= 15 is 0 Å².